The fourth-order valence-corrected chi connectivity index (χ4v) is 9.20. The Balaban J connectivity index is 0.974. The fourth-order valence-electron chi connectivity index (χ4n) is 9.20. The van der Waals surface area contributed by atoms with Crippen LogP contribution in [-0.4, -0.2) is 4.57 Å². The molecule has 0 amide bonds. The van der Waals surface area contributed by atoms with Crippen LogP contribution in [0.5, 0.6) is 0 Å². The van der Waals surface area contributed by atoms with Gasteiger partial charge in [0.05, 0.1) is 11.0 Å². The van der Waals surface area contributed by atoms with Crippen LogP contribution in [0.15, 0.2) is 205 Å². The van der Waals surface area contributed by atoms with E-state index in [2.05, 4.69) is 205 Å². The normalized spacial score (nSPS) is 11.9. The third kappa shape index (κ3) is 4.57. The van der Waals surface area contributed by atoms with Gasteiger partial charge >= 0.3 is 0 Å². The van der Waals surface area contributed by atoms with Crippen molar-refractivity contribution in [3.05, 3.63) is 200 Å². The predicted molar refractivity (Wildman–Crippen MR) is 237 cm³/mol. The highest BCUT2D eigenvalue weighted by atomic mass is 16.3. The Morgan fingerprint density at radius 1 is 0.268 bits per heavy atom. The summed E-state index contributed by atoms with van der Waals surface area (Å²) in [5.74, 6) is 0. The van der Waals surface area contributed by atoms with E-state index in [4.69, 9.17) is 4.42 Å². The molecule has 0 aliphatic carbocycles. The number of hydrogen-bond acceptors (Lipinski definition) is 1. The molecule has 0 saturated heterocycles. The minimum Gasteiger partial charge on any atom is -0.455 e. The lowest BCUT2D eigenvalue weighted by Gasteiger charge is -2.13. The molecule has 0 spiro atoms. The molecule has 0 atom stereocenters. The first kappa shape index (κ1) is 31.0. The van der Waals surface area contributed by atoms with E-state index in [0.717, 1.165) is 49.9 Å². The summed E-state index contributed by atoms with van der Waals surface area (Å²) in [6, 6.07) is 72.6. The summed E-state index contributed by atoms with van der Waals surface area (Å²) in [5, 5.41) is 12.5. The summed E-state index contributed by atoms with van der Waals surface area (Å²) in [6.07, 6.45) is 0. The van der Waals surface area contributed by atoms with E-state index in [1.807, 2.05) is 0 Å². The van der Waals surface area contributed by atoms with E-state index >= 15 is 0 Å². The van der Waals surface area contributed by atoms with Crippen molar-refractivity contribution >= 4 is 76.1 Å². The molecule has 10 aromatic carbocycles. The van der Waals surface area contributed by atoms with Crippen molar-refractivity contribution < 1.29 is 4.42 Å². The van der Waals surface area contributed by atoms with Gasteiger partial charge in [0.25, 0.3) is 0 Å². The first-order chi connectivity index (χ1) is 27.8. The van der Waals surface area contributed by atoms with Gasteiger partial charge in [-0.25, -0.2) is 0 Å². The number of fused-ring (bicyclic) bond motifs is 12. The quantitative estimate of drug-likeness (QED) is 0.166. The van der Waals surface area contributed by atoms with Gasteiger partial charge in [-0.15, -0.1) is 0 Å². The number of nitrogens with zero attached hydrogens (tertiary/aromatic N) is 1. The second kappa shape index (κ2) is 12.0. The van der Waals surface area contributed by atoms with Crippen LogP contribution in [-0.2, 0) is 0 Å². The molecule has 2 aromatic heterocycles. The molecule has 2 heteroatoms. The Morgan fingerprint density at radius 2 is 0.750 bits per heavy atom. The SMILES string of the molecule is c1ccc(-c2cccc3c2oc2c(-c4ccc5c(c4)c4ccccc4n5-c4ccc(-c5ccc6c7ccccc7c7ccccc7c6c5)cc4)cccc23)cc1. The molecule has 0 aliphatic heterocycles. The summed E-state index contributed by atoms with van der Waals surface area (Å²) in [7, 11) is 0. The van der Waals surface area contributed by atoms with Crippen molar-refractivity contribution in [2.24, 2.45) is 0 Å². The van der Waals surface area contributed by atoms with Crippen LogP contribution in [0.4, 0.5) is 0 Å². The van der Waals surface area contributed by atoms with Gasteiger partial charge in [-0.2, -0.15) is 0 Å². The van der Waals surface area contributed by atoms with Crippen molar-refractivity contribution in [1.82, 2.24) is 4.57 Å². The zero-order chi connectivity index (χ0) is 36.7. The minimum absolute atomic E-state index is 0.916. The topological polar surface area (TPSA) is 18.1 Å². The van der Waals surface area contributed by atoms with Gasteiger partial charge in [-0.3, -0.25) is 0 Å². The minimum atomic E-state index is 0.916. The first-order valence-corrected chi connectivity index (χ1v) is 19.3. The predicted octanol–water partition coefficient (Wildman–Crippen LogP) is 15.1. The fraction of sp³-hybridized carbons (Fsp3) is 0. The Kier molecular flexibility index (Phi) is 6.66. The number of benzene rings is 10. The van der Waals surface area contributed by atoms with Gasteiger partial charge in [-0.05, 0) is 91.0 Å². The van der Waals surface area contributed by atoms with Crippen LogP contribution in [0.1, 0.15) is 0 Å². The summed E-state index contributed by atoms with van der Waals surface area (Å²) in [6.45, 7) is 0. The summed E-state index contributed by atoms with van der Waals surface area (Å²) in [5.41, 5.74) is 12.2. The number of hydrogen-bond donors (Lipinski definition) is 0. The van der Waals surface area contributed by atoms with E-state index in [1.54, 1.807) is 0 Å². The van der Waals surface area contributed by atoms with E-state index in [9.17, 15) is 0 Å². The maximum atomic E-state index is 6.80. The van der Waals surface area contributed by atoms with Crippen molar-refractivity contribution in [3.63, 3.8) is 0 Å². The molecule has 12 aromatic rings. The molecule has 2 heterocycles. The number of rotatable bonds is 4. The first-order valence-electron chi connectivity index (χ1n) is 19.3. The Labute approximate surface area is 323 Å². The van der Waals surface area contributed by atoms with Gasteiger partial charge < -0.3 is 8.98 Å². The number of para-hydroxylation sites is 3. The molecular formula is C54H33NO. The molecule has 56 heavy (non-hydrogen) atoms. The molecule has 0 bridgehead atoms. The summed E-state index contributed by atoms with van der Waals surface area (Å²) < 4.78 is 9.20. The van der Waals surface area contributed by atoms with E-state index in [1.165, 1.54) is 65.3 Å². The molecule has 0 aliphatic rings. The van der Waals surface area contributed by atoms with Crippen LogP contribution in [0.25, 0.3) is 115 Å². The average molecular weight is 712 g/mol. The van der Waals surface area contributed by atoms with Crippen LogP contribution >= 0.6 is 0 Å². The van der Waals surface area contributed by atoms with Crippen LogP contribution in [0.2, 0.25) is 0 Å². The van der Waals surface area contributed by atoms with Crippen molar-refractivity contribution in [1.29, 1.82) is 0 Å². The van der Waals surface area contributed by atoms with E-state index in [-0.39, 0.29) is 0 Å². The van der Waals surface area contributed by atoms with Gasteiger partial charge in [0, 0.05) is 38.4 Å². The molecule has 2 nitrogen and oxygen atoms in total. The summed E-state index contributed by atoms with van der Waals surface area (Å²) >= 11 is 0. The van der Waals surface area contributed by atoms with Gasteiger partial charge in [0.2, 0.25) is 0 Å². The monoisotopic (exact) mass is 711 g/mol. The van der Waals surface area contributed by atoms with Crippen molar-refractivity contribution in [2.75, 3.05) is 0 Å². The smallest absolute Gasteiger partial charge is 0.143 e. The lowest BCUT2D eigenvalue weighted by atomic mass is 9.92. The van der Waals surface area contributed by atoms with Crippen molar-refractivity contribution in [2.45, 2.75) is 0 Å². The third-order valence-electron chi connectivity index (χ3n) is 11.8. The highest BCUT2D eigenvalue weighted by Gasteiger charge is 2.18. The Hall–Kier alpha value is -7.42. The molecule has 0 radical (unpaired) electrons. The second-order valence-electron chi connectivity index (χ2n) is 14.8. The highest BCUT2D eigenvalue weighted by molar-refractivity contribution is 6.25. The van der Waals surface area contributed by atoms with Gasteiger partial charge in [-0.1, -0.05) is 164 Å². The third-order valence-corrected chi connectivity index (χ3v) is 11.8. The largest absolute Gasteiger partial charge is 0.455 e. The molecule has 0 saturated carbocycles. The van der Waals surface area contributed by atoms with Crippen molar-refractivity contribution in [3.8, 4) is 39.1 Å². The lowest BCUT2D eigenvalue weighted by molar-refractivity contribution is 0.671. The lowest BCUT2D eigenvalue weighted by Crippen LogP contribution is -1.93. The zero-order valence-corrected chi connectivity index (χ0v) is 30.4. The molecule has 260 valence electrons. The van der Waals surface area contributed by atoms with Gasteiger partial charge in [0.15, 0.2) is 0 Å². The Bertz CT molecular complexity index is 3480. The molecule has 0 N–H and O–H groups in total. The van der Waals surface area contributed by atoms with Crippen LogP contribution < -0.4 is 0 Å². The number of aromatic nitrogens is 1. The van der Waals surface area contributed by atoms with Crippen LogP contribution in [0, 0.1) is 0 Å². The molecule has 0 unspecified atom stereocenters. The average Bonchev–Trinajstić information content (AvgIpc) is 3.82. The maximum Gasteiger partial charge on any atom is 0.143 e. The molecular weight excluding hydrogens is 679 g/mol. The van der Waals surface area contributed by atoms with E-state index in [0.29, 0.717) is 0 Å². The highest BCUT2D eigenvalue weighted by Crippen LogP contribution is 2.42. The summed E-state index contributed by atoms with van der Waals surface area (Å²) in [4.78, 5) is 0. The van der Waals surface area contributed by atoms with E-state index < -0.39 is 0 Å². The standard InChI is InChI=1S/C54H33NO/c1-2-12-35(13-3-1)39-19-10-21-47-48-22-11-20-40(54(48)56-53(39)47)37-27-31-52-50(33-37)46-18-8-9-23-51(46)55(52)38-28-24-34(25-29-38)36-26-30-45-43-16-5-4-14-41(43)42-15-6-7-17-44(42)49(45)32-36/h1-33H. The second-order valence-corrected chi connectivity index (χ2v) is 14.8. The number of furan rings is 1. The van der Waals surface area contributed by atoms with Gasteiger partial charge in [0.1, 0.15) is 11.2 Å². The van der Waals surface area contributed by atoms with Crippen LogP contribution in [0.3, 0.4) is 0 Å². The molecule has 0 fully saturated rings. The maximum absolute atomic E-state index is 6.80. The Morgan fingerprint density at radius 3 is 1.43 bits per heavy atom. The zero-order valence-electron chi connectivity index (χ0n) is 30.4. The molecule has 12 rings (SSSR count).